The van der Waals surface area contributed by atoms with Gasteiger partial charge in [-0.2, -0.15) is 0 Å². The van der Waals surface area contributed by atoms with E-state index >= 15 is 0 Å². The van der Waals surface area contributed by atoms with Crippen molar-refractivity contribution in [1.29, 1.82) is 0 Å². The molecule has 0 radical (unpaired) electrons. The Kier molecular flexibility index (Phi) is 5.18. The Balaban J connectivity index is 2.27. The van der Waals surface area contributed by atoms with Gasteiger partial charge in [-0.1, -0.05) is 46.3 Å². The van der Waals surface area contributed by atoms with Crippen molar-refractivity contribution >= 4 is 27.6 Å². The first-order chi connectivity index (χ1) is 9.70. The highest BCUT2D eigenvalue weighted by Crippen LogP contribution is 2.23. The first-order valence-electron chi connectivity index (χ1n) is 6.44. The van der Waals surface area contributed by atoms with Gasteiger partial charge in [0.15, 0.2) is 6.04 Å². The second kappa shape index (κ2) is 7.10. The van der Waals surface area contributed by atoms with E-state index in [1.54, 1.807) is 6.92 Å². The van der Waals surface area contributed by atoms with Gasteiger partial charge in [0.1, 0.15) is 0 Å². The Morgan fingerprint density at radius 1 is 1.20 bits per heavy atom. The number of carbonyl (C=O) groups is 1. The van der Waals surface area contributed by atoms with Gasteiger partial charge in [-0.3, -0.25) is 0 Å². The number of esters is 1. The predicted molar refractivity (Wildman–Crippen MR) is 83.6 cm³/mol. The van der Waals surface area contributed by atoms with Crippen LogP contribution in [0.2, 0.25) is 0 Å². The number of para-hydroxylation sites is 1. The molecular formula is C16H16BrNO2. The molecule has 1 atom stereocenters. The van der Waals surface area contributed by atoms with Crippen molar-refractivity contribution in [2.75, 3.05) is 11.9 Å². The number of nitrogens with one attached hydrogen (secondary N) is 1. The number of rotatable bonds is 5. The summed E-state index contributed by atoms with van der Waals surface area (Å²) in [4.78, 5) is 12.2. The maximum atomic E-state index is 12.2. The van der Waals surface area contributed by atoms with Crippen LogP contribution in [0.15, 0.2) is 59.1 Å². The molecule has 0 aliphatic rings. The third-order valence-corrected chi connectivity index (χ3v) is 3.28. The van der Waals surface area contributed by atoms with Crippen molar-refractivity contribution in [3.63, 3.8) is 0 Å². The van der Waals surface area contributed by atoms with Gasteiger partial charge < -0.3 is 10.1 Å². The number of halogens is 1. The average molecular weight is 334 g/mol. The lowest BCUT2D eigenvalue weighted by Gasteiger charge is -2.19. The number of hydrogen-bond donors (Lipinski definition) is 1. The summed E-state index contributed by atoms with van der Waals surface area (Å²) in [5.41, 5.74) is 1.74. The molecule has 104 valence electrons. The zero-order valence-electron chi connectivity index (χ0n) is 11.2. The van der Waals surface area contributed by atoms with Crippen LogP contribution in [-0.4, -0.2) is 12.6 Å². The Labute approximate surface area is 127 Å². The molecule has 0 bridgehead atoms. The normalized spacial score (nSPS) is 11.7. The van der Waals surface area contributed by atoms with Crippen molar-refractivity contribution in [3.05, 3.63) is 64.6 Å². The average Bonchev–Trinajstić information content (AvgIpc) is 2.46. The Hall–Kier alpha value is -1.81. The second-order valence-corrected chi connectivity index (χ2v) is 5.17. The van der Waals surface area contributed by atoms with Crippen LogP contribution in [0.5, 0.6) is 0 Å². The van der Waals surface area contributed by atoms with E-state index in [1.165, 1.54) is 0 Å². The molecule has 4 heteroatoms. The molecule has 1 unspecified atom stereocenters. The van der Waals surface area contributed by atoms with Gasteiger partial charge >= 0.3 is 5.97 Å². The van der Waals surface area contributed by atoms with Crippen molar-refractivity contribution < 1.29 is 9.53 Å². The quantitative estimate of drug-likeness (QED) is 0.834. The minimum atomic E-state index is -0.519. The van der Waals surface area contributed by atoms with E-state index in [0.717, 1.165) is 15.7 Å². The number of carbonyl (C=O) groups excluding carboxylic acids is 1. The van der Waals surface area contributed by atoms with Gasteiger partial charge in [-0.05, 0) is 36.8 Å². The molecule has 0 aliphatic carbocycles. The minimum absolute atomic E-state index is 0.283. The number of benzene rings is 2. The highest BCUT2D eigenvalue weighted by Gasteiger charge is 2.21. The summed E-state index contributed by atoms with van der Waals surface area (Å²) in [5, 5.41) is 3.21. The summed E-state index contributed by atoms with van der Waals surface area (Å²) in [6.07, 6.45) is 0. The summed E-state index contributed by atoms with van der Waals surface area (Å²) in [6.45, 7) is 2.16. The Morgan fingerprint density at radius 3 is 2.60 bits per heavy atom. The molecule has 3 nitrogen and oxygen atoms in total. The van der Waals surface area contributed by atoms with Gasteiger partial charge in [-0.25, -0.2) is 4.79 Å². The van der Waals surface area contributed by atoms with E-state index in [9.17, 15) is 4.79 Å². The van der Waals surface area contributed by atoms with Gasteiger partial charge in [0.25, 0.3) is 0 Å². The fourth-order valence-electron chi connectivity index (χ4n) is 1.89. The number of hydrogen-bond acceptors (Lipinski definition) is 3. The highest BCUT2D eigenvalue weighted by atomic mass is 79.9. The summed E-state index contributed by atoms with van der Waals surface area (Å²) in [7, 11) is 0. The standard InChI is InChI=1S/C16H16BrNO2/c1-2-20-16(19)15(12-7-6-8-13(17)11-12)18-14-9-4-3-5-10-14/h3-11,15,18H,2H2,1H3. The van der Waals surface area contributed by atoms with E-state index in [4.69, 9.17) is 4.74 Å². The molecule has 2 aromatic rings. The molecule has 2 aromatic carbocycles. The molecule has 0 aliphatic heterocycles. The molecule has 0 fully saturated rings. The Bertz CT molecular complexity index is 572. The third kappa shape index (κ3) is 3.84. The molecule has 0 saturated carbocycles. The van der Waals surface area contributed by atoms with Crippen molar-refractivity contribution in [3.8, 4) is 0 Å². The lowest BCUT2D eigenvalue weighted by molar-refractivity contribution is -0.144. The topological polar surface area (TPSA) is 38.3 Å². The van der Waals surface area contributed by atoms with Crippen LogP contribution >= 0.6 is 15.9 Å². The summed E-state index contributed by atoms with van der Waals surface area (Å²) in [6, 6.07) is 16.7. The largest absolute Gasteiger partial charge is 0.464 e. The van der Waals surface area contributed by atoms with Gasteiger partial charge in [0.05, 0.1) is 6.61 Å². The fraction of sp³-hybridized carbons (Fsp3) is 0.188. The third-order valence-electron chi connectivity index (χ3n) is 2.79. The van der Waals surface area contributed by atoms with Crippen LogP contribution in [-0.2, 0) is 9.53 Å². The molecule has 0 amide bonds. The molecule has 2 rings (SSSR count). The fourth-order valence-corrected chi connectivity index (χ4v) is 2.31. The van der Waals surface area contributed by atoms with Gasteiger partial charge in [0, 0.05) is 10.2 Å². The number of anilines is 1. The van der Waals surface area contributed by atoms with Crippen LogP contribution in [0.1, 0.15) is 18.5 Å². The van der Waals surface area contributed by atoms with Crippen LogP contribution in [0, 0.1) is 0 Å². The zero-order chi connectivity index (χ0) is 14.4. The van der Waals surface area contributed by atoms with Gasteiger partial charge in [-0.15, -0.1) is 0 Å². The predicted octanol–water partition coefficient (Wildman–Crippen LogP) is 4.17. The van der Waals surface area contributed by atoms with E-state index in [0.29, 0.717) is 6.61 Å². The molecule has 0 saturated heterocycles. The van der Waals surface area contributed by atoms with E-state index in [2.05, 4.69) is 21.2 Å². The van der Waals surface area contributed by atoms with Crippen LogP contribution in [0.3, 0.4) is 0 Å². The summed E-state index contributed by atoms with van der Waals surface area (Å²) < 4.78 is 6.08. The second-order valence-electron chi connectivity index (χ2n) is 4.25. The monoisotopic (exact) mass is 333 g/mol. The molecular weight excluding hydrogens is 318 g/mol. The number of ether oxygens (including phenoxy) is 1. The van der Waals surface area contributed by atoms with Crippen molar-refractivity contribution in [2.45, 2.75) is 13.0 Å². The van der Waals surface area contributed by atoms with Crippen LogP contribution in [0.25, 0.3) is 0 Å². The Morgan fingerprint density at radius 2 is 1.95 bits per heavy atom. The first kappa shape index (κ1) is 14.6. The summed E-state index contributed by atoms with van der Waals surface area (Å²) in [5.74, 6) is -0.283. The molecule has 0 spiro atoms. The maximum absolute atomic E-state index is 12.2. The molecule has 0 heterocycles. The highest BCUT2D eigenvalue weighted by molar-refractivity contribution is 9.10. The van der Waals surface area contributed by atoms with E-state index < -0.39 is 6.04 Å². The summed E-state index contributed by atoms with van der Waals surface area (Å²) >= 11 is 3.42. The zero-order valence-corrected chi connectivity index (χ0v) is 12.8. The van der Waals surface area contributed by atoms with Crippen LogP contribution < -0.4 is 5.32 Å². The first-order valence-corrected chi connectivity index (χ1v) is 7.23. The minimum Gasteiger partial charge on any atom is -0.464 e. The lowest BCUT2D eigenvalue weighted by atomic mass is 10.1. The van der Waals surface area contributed by atoms with E-state index in [1.807, 2.05) is 54.6 Å². The smallest absolute Gasteiger partial charge is 0.333 e. The van der Waals surface area contributed by atoms with E-state index in [-0.39, 0.29) is 5.97 Å². The molecule has 0 aromatic heterocycles. The maximum Gasteiger partial charge on any atom is 0.333 e. The van der Waals surface area contributed by atoms with Gasteiger partial charge in [0.2, 0.25) is 0 Å². The molecule has 1 N–H and O–H groups in total. The lowest BCUT2D eigenvalue weighted by Crippen LogP contribution is -2.23. The van der Waals surface area contributed by atoms with Crippen molar-refractivity contribution in [1.82, 2.24) is 0 Å². The molecule has 20 heavy (non-hydrogen) atoms. The van der Waals surface area contributed by atoms with Crippen LogP contribution in [0.4, 0.5) is 5.69 Å². The SMILES string of the molecule is CCOC(=O)C(Nc1ccccc1)c1cccc(Br)c1. The van der Waals surface area contributed by atoms with Crippen molar-refractivity contribution in [2.24, 2.45) is 0 Å².